The average Bonchev–Trinajstić information content (AvgIpc) is 2.99. The molecule has 2 atom stereocenters. The second kappa shape index (κ2) is 7.09. The number of hydrogen-bond acceptors (Lipinski definition) is 4. The highest BCUT2D eigenvalue weighted by molar-refractivity contribution is 5.79. The minimum absolute atomic E-state index is 0.0541. The second-order valence-electron chi connectivity index (χ2n) is 6.96. The molecule has 136 valence electrons. The molecule has 26 heavy (non-hydrogen) atoms. The molecule has 1 amide bonds. The number of carbonyl (C=O) groups is 1. The Morgan fingerprint density at radius 2 is 1.73 bits per heavy atom. The fourth-order valence-corrected chi connectivity index (χ4v) is 3.98. The zero-order chi connectivity index (χ0) is 18.1. The molecule has 5 nitrogen and oxygen atoms in total. The smallest absolute Gasteiger partial charge is 0.409 e. The summed E-state index contributed by atoms with van der Waals surface area (Å²) in [5, 5.41) is 9.33. The number of carbonyl (C=O) groups excluding carboxylic acids is 1. The molecule has 2 unspecified atom stereocenters. The first-order chi connectivity index (χ1) is 12.7. The van der Waals surface area contributed by atoms with Gasteiger partial charge in [-0.25, -0.2) is 4.79 Å². The molecular weight excluding hydrogens is 330 g/mol. The SMILES string of the molecule is CC1CN(C(=O)OCC2c3ccccc3-c3ccccc32)CC(CO)O1. The predicted molar refractivity (Wildman–Crippen MR) is 98.1 cm³/mol. The van der Waals surface area contributed by atoms with Crippen LogP contribution in [-0.4, -0.2) is 54.6 Å². The Labute approximate surface area is 153 Å². The summed E-state index contributed by atoms with van der Waals surface area (Å²) in [5.74, 6) is 0.0541. The fraction of sp³-hybridized carbons (Fsp3) is 0.381. The van der Waals surface area contributed by atoms with Gasteiger partial charge in [0.15, 0.2) is 0 Å². The molecule has 2 aliphatic rings. The molecule has 1 saturated heterocycles. The maximum Gasteiger partial charge on any atom is 0.409 e. The lowest BCUT2D eigenvalue weighted by molar-refractivity contribution is -0.0901. The number of morpholine rings is 1. The summed E-state index contributed by atoms with van der Waals surface area (Å²) >= 11 is 0. The lowest BCUT2D eigenvalue weighted by atomic mass is 9.98. The van der Waals surface area contributed by atoms with Gasteiger partial charge >= 0.3 is 6.09 Å². The summed E-state index contributed by atoms with van der Waals surface area (Å²) in [5.41, 5.74) is 4.82. The molecule has 4 rings (SSSR count). The molecule has 0 bridgehead atoms. The third-order valence-corrected chi connectivity index (χ3v) is 5.12. The number of hydrogen-bond donors (Lipinski definition) is 1. The topological polar surface area (TPSA) is 59.0 Å². The lowest BCUT2D eigenvalue weighted by Crippen LogP contribution is -2.50. The first kappa shape index (κ1) is 17.1. The van der Waals surface area contributed by atoms with E-state index in [1.54, 1.807) is 4.90 Å². The van der Waals surface area contributed by atoms with E-state index in [9.17, 15) is 9.90 Å². The highest BCUT2D eigenvalue weighted by atomic mass is 16.6. The molecule has 2 aromatic rings. The maximum atomic E-state index is 12.6. The van der Waals surface area contributed by atoms with Crippen molar-refractivity contribution in [3.63, 3.8) is 0 Å². The van der Waals surface area contributed by atoms with Gasteiger partial charge in [-0.15, -0.1) is 0 Å². The van der Waals surface area contributed by atoms with Gasteiger partial charge in [0, 0.05) is 5.92 Å². The first-order valence-electron chi connectivity index (χ1n) is 9.03. The molecule has 1 heterocycles. The minimum atomic E-state index is -0.348. The average molecular weight is 353 g/mol. The van der Waals surface area contributed by atoms with E-state index in [1.807, 2.05) is 31.2 Å². The zero-order valence-corrected chi connectivity index (χ0v) is 14.8. The summed E-state index contributed by atoms with van der Waals surface area (Å²) in [4.78, 5) is 14.2. The summed E-state index contributed by atoms with van der Waals surface area (Å²) in [6, 6.07) is 16.6. The number of amides is 1. The molecule has 1 N–H and O–H groups in total. The quantitative estimate of drug-likeness (QED) is 0.921. The van der Waals surface area contributed by atoms with Gasteiger partial charge < -0.3 is 19.5 Å². The third-order valence-electron chi connectivity index (χ3n) is 5.12. The van der Waals surface area contributed by atoms with Crippen LogP contribution in [0.2, 0.25) is 0 Å². The summed E-state index contributed by atoms with van der Waals surface area (Å²) in [7, 11) is 0. The number of fused-ring (bicyclic) bond motifs is 3. The van der Waals surface area contributed by atoms with Crippen LogP contribution in [0.1, 0.15) is 24.0 Å². The number of aliphatic hydroxyl groups is 1. The van der Waals surface area contributed by atoms with Crippen molar-refractivity contribution in [2.75, 3.05) is 26.3 Å². The van der Waals surface area contributed by atoms with Gasteiger partial charge in [0.1, 0.15) is 6.61 Å². The molecule has 2 aromatic carbocycles. The van der Waals surface area contributed by atoms with Crippen LogP contribution in [0.3, 0.4) is 0 Å². The summed E-state index contributed by atoms with van der Waals surface area (Å²) in [6.45, 7) is 2.94. The predicted octanol–water partition coefficient (Wildman–Crippen LogP) is 3.02. The monoisotopic (exact) mass is 353 g/mol. The van der Waals surface area contributed by atoms with E-state index in [1.165, 1.54) is 22.3 Å². The Balaban J connectivity index is 1.49. The third kappa shape index (κ3) is 3.08. The number of benzene rings is 2. The Morgan fingerprint density at radius 1 is 1.12 bits per heavy atom. The van der Waals surface area contributed by atoms with Gasteiger partial charge in [-0.3, -0.25) is 0 Å². The normalized spacial score (nSPS) is 22.0. The Hall–Kier alpha value is -2.37. The maximum absolute atomic E-state index is 12.6. The van der Waals surface area contributed by atoms with Gasteiger partial charge in [0.2, 0.25) is 0 Å². The van der Waals surface area contributed by atoms with Crippen molar-refractivity contribution in [2.45, 2.75) is 25.0 Å². The van der Waals surface area contributed by atoms with Crippen LogP contribution in [0, 0.1) is 0 Å². The number of aliphatic hydroxyl groups excluding tert-OH is 1. The standard InChI is InChI=1S/C21H23NO4/c1-14-10-22(11-15(12-23)26-14)21(24)25-13-20-18-8-4-2-6-16(18)17-7-3-5-9-19(17)20/h2-9,14-15,20,23H,10-13H2,1H3. The number of rotatable bonds is 3. The van der Waals surface area contributed by atoms with Crippen LogP contribution in [0.4, 0.5) is 4.79 Å². The molecule has 1 aliphatic heterocycles. The minimum Gasteiger partial charge on any atom is -0.448 e. The highest BCUT2D eigenvalue weighted by Crippen LogP contribution is 2.44. The Bertz CT molecular complexity index is 761. The van der Waals surface area contributed by atoms with Crippen LogP contribution < -0.4 is 0 Å². The first-order valence-corrected chi connectivity index (χ1v) is 9.03. The highest BCUT2D eigenvalue weighted by Gasteiger charge is 2.32. The largest absolute Gasteiger partial charge is 0.448 e. The van der Waals surface area contributed by atoms with Crippen LogP contribution in [0.5, 0.6) is 0 Å². The van der Waals surface area contributed by atoms with Crippen molar-refractivity contribution >= 4 is 6.09 Å². The number of ether oxygens (including phenoxy) is 2. The van der Waals surface area contributed by atoms with Crippen LogP contribution in [0.15, 0.2) is 48.5 Å². The van der Waals surface area contributed by atoms with Crippen molar-refractivity contribution in [1.82, 2.24) is 4.90 Å². The van der Waals surface area contributed by atoms with E-state index in [2.05, 4.69) is 24.3 Å². The van der Waals surface area contributed by atoms with Crippen molar-refractivity contribution in [1.29, 1.82) is 0 Å². The molecule has 0 aromatic heterocycles. The molecular formula is C21H23NO4. The van der Waals surface area contributed by atoms with E-state index >= 15 is 0 Å². The van der Waals surface area contributed by atoms with Gasteiger partial charge in [0.25, 0.3) is 0 Å². The van der Waals surface area contributed by atoms with Crippen LogP contribution in [0.25, 0.3) is 11.1 Å². The van der Waals surface area contributed by atoms with Gasteiger partial charge in [-0.2, -0.15) is 0 Å². The molecule has 0 radical (unpaired) electrons. The number of nitrogens with zero attached hydrogens (tertiary/aromatic N) is 1. The van der Waals surface area contributed by atoms with Crippen molar-refractivity contribution < 1.29 is 19.4 Å². The van der Waals surface area contributed by atoms with Crippen LogP contribution >= 0.6 is 0 Å². The molecule has 5 heteroatoms. The van der Waals surface area contributed by atoms with Gasteiger partial charge in [0.05, 0.1) is 31.9 Å². The van der Waals surface area contributed by atoms with Gasteiger partial charge in [-0.05, 0) is 29.2 Å². The van der Waals surface area contributed by atoms with Crippen molar-refractivity contribution in [3.8, 4) is 11.1 Å². The summed E-state index contributed by atoms with van der Waals surface area (Å²) < 4.78 is 11.3. The molecule has 1 fully saturated rings. The molecule has 0 spiro atoms. The van der Waals surface area contributed by atoms with E-state index in [-0.39, 0.29) is 30.8 Å². The molecule has 0 saturated carbocycles. The van der Waals surface area contributed by atoms with Gasteiger partial charge in [-0.1, -0.05) is 48.5 Å². The van der Waals surface area contributed by atoms with E-state index < -0.39 is 0 Å². The second-order valence-corrected chi connectivity index (χ2v) is 6.96. The van der Waals surface area contributed by atoms with E-state index in [4.69, 9.17) is 9.47 Å². The Morgan fingerprint density at radius 3 is 2.35 bits per heavy atom. The van der Waals surface area contributed by atoms with Crippen LogP contribution in [-0.2, 0) is 9.47 Å². The van der Waals surface area contributed by atoms with E-state index in [0.29, 0.717) is 19.7 Å². The molecule has 1 aliphatic carbocycles. The summed E-state index contributed by atoms with van der Waals surface area (Å²) in [6.07, 6.45) is -0.805. The lowest BCUT2D eigenvalue weighted by Gasteiger charge is -2.35. The fourth-order valence-electron chi connectivity index (χ4n) is 3.98. The van der Waals surface area contributed by atoms with E-state index in [0.717, 1.165) is 0 Å². The van der Waals surface area contributed by atoms with Crippen molar-refractivity contribution in [3.05, 3.63) is 59.7 Å². The Kier molecular flexibility index (Phi) is 4.66. The zero-order valence-electron chi connectivity index (χ0n) is 14.8. The van der Waals surface area contributed by atoms with Crippen molar-refractivity contribution in [2.24, 2.45) is 0 Å².